The van der Waals surface area contributed by atoms with E-state index >= 15 is 0 Å². The van der Waals surface area contributed by atoms with Crippen molar-refractivity contribution in [1.29, 1.82) is 0 Å². The summed E-state index contributed by atoms with van der Waals surface area (Å²) in [5, 5.41) is 2.80. The standard InChI is InChI=1S/C29H23F4NO2S/c1-2-37-25-12-9-19(10-13-25)15-28(35)34-23-11-14-26(20-5-3-6-21(16-20)29(31,32)33)27(18-23)36-24-8-4-7-22(30)17-24/h3-14,16-18H,2,15H2,1H3,(H,34,35). The van der Waals surface area contributed by atoms with Gasteiger partial charge < -0.3 is 10.1 Å². The van der Waals surface area contributed by atoms with Crippen molar-refractivity contribution in [2.24, 2.45) is 0 Å². The molecule has 0 heterocycles. The number of ether oxygens (including phenoxy) is 1. The monoisotopic (exact) mass is 525 g/mol. The van der Waals surface area contributed by atoms with E-state index in [0.29, 0.717) is 11.3 Å². The summed E-state index contributed by atoms with van der Waals surface area (Å²) in [6.45, 7) is 2.07. The molecule has 4 rings (SSSR count). The Balaban J connectivity index is 1.61. The number of carbonyl (C=O) groups excluding carboxylic acids is 1. The van der Waals surface area contributed by atoms with Gasteiger partial charge in [-0.25, -0.2) is 4.39 Å². The lowest BCUT2D eigenvalue weighted by Gasteiger charge is -2.15. The molecule has 1 amide bonds. The van der Waals surface area contributed by atoms with E-state index in [-0.39, 0.29) is 29.4 Å². The number of carbonyl (C=O) groups is 1. The van der Waals surface area contributed by atoms with Crippen LogP contribution < -0.4 is 10.1 Å². The Morgan fingerprint density at radius 2 is 1.68 bits per heavy atom. The molecule has 0 fully saturated rings. The molecule has 4 aromatic carbocycles. The third-order valence-corrected chi connectivity index (χ3v) is 6.28. The van der Waals surface area contributed by atoms with Crippen LogP contribution in [0.25, 0.3) is 11.1 Å². The maximum absolute atomic E-state index is 13.7. The molecule has 0 aliphatic rings. The Bertz CT molecular complexity index is 1390. The number of hydrogen-bond acceptors (Lipinski definition) is 3. The first-order valence-electron chi connectivity index (χ1n) is 11.5. The number of nitrogens with one attached hydrogen (secondary N) is 1. The molecular formula is C29H23F4NO2S. The van der Waals surface area contributed by atoms with Gasteiger partial charge in [-0.05, 0) is 65.4 Å². The molecule has 0 spiro atoms. The molecule has 0 radical (unpaired) electrons. The summed E-state index contributed by atoms with van der Waals surface area (Å²) in [6.07, 6.45) is -4.37. The van der Waals surface area contributed by atoms with Crippen LogP contribution in [-0.4, -0.2) is 11.7 Å². The highest BCUT2D eigenvalue weighted by atomic mass is 32.2. The van der Waals surface area contributed by atoms with Gasteiger partial charge in [-0.1, -0.05) is 37.3 Å². The van der Waals surface area contributed by atoms with Gasteiger partial charge in [0.05, 0.1) is 12.0 Å². The minimum absolute atomic E-state index is 0.145. The van der Waals surface area contributed by atoms with Crippen molar-refractivity contribution >= 4 is 23.4 Å². The zero-order chi connectivity index (χ0) is 26.4. The van der Waals surface area contributed by atoms with Gasteiger partial charge in [0.25, 0.3) is 0 Å². The molecule has 0 unspecified atom stereocenters. The van der Waals surface area contributed by atoms with Crippen LogP contribution in [0.2, 0.25) is 0 Å². The Kier molecular flexibility index (Phi) is 8.18. The highest BCUT2D eigenvalue weighted by Gasteiger charge is 2.30. The Morgan fingerprint density at radius 3 is 2.38 bits per heavy atom. The van der Waals surface area contributed by atoms with E-state index in [1.165, 1.54) is 42.5 Å². The quantitative estimate of drug-likeness (QED) is 0.185. The van der Waals surface area contributed by atoms with Crippen molar-refractivity contribution in [3.8, 4) is 22.6 Å². The molecule has 0 atom stereocenters. The van der Waals surface area contributed by atoms with Crippen LogP contribution in [-0.2, 0) is 17.4 Å². The molecular weight excluding hydrogens is 502 g/mol. The molecule has 0 bridgehead atoms. The van der Waals surface area contributed by atoms with Crippen molar-refractivity contribution in [2.75, 3.05) is 11.1 Å². The van der Waals surface area contributed by atoms with Gasteiger partial charge in [0.1, 0.15) is 17.3 Å². The van der Waals surface area contributed by atoms with Crippen molar-refractivity contribution in [2.45, 2.75) is 24.4 Å². The maximum atomic E-state index is 13.7. The summed E-state index contributed by atoms with van der Waals surface area (Å²) in [7, 11) is 0. The predicted octanol–water partition coefficient (Wildman–Crippen LogP) is 8.60. The number of thioether (sulfide) groups is 1. The number of hydrogen-bond donors (Lipinski definition) is 1. The maximum Gasteiger partial charge on any atom is 0.416 e. The minimum Gasteiger partial charge on any atom is -0.457 e. The highest BCUT2D eigenvalue weighted by molar-refractivity contribution is 7.99. The van der Waals surface area contributed by atoms with Gasteiger partial charge >= 0.3 is 6.18 Å². The first-order chi connectivity index (χ1) is 17.7. The largest absolute Gasteiger partial charge is 0.457 e. The zero-order valence-corrected chi connectivity index (χ0v) is 20.6. The summed E-state index contributed by atoms with van der Waals surface area (Å²) < 4.78 is 59.5. The second-order valence-electron chi connectivity index (χ2n) is 8.15. The van der Waals surface area contributed by atoms with Crippen LogP contribution in [0, 0.1) is 5.82 Å². The predicted molar refractivity (Wildman–Crippen MR) is 139 cm³/mol. The summed E-state index contributed by atoms with van der Waals surface area (Å²) >= 11 is 1.71. The molecule has 3 nitrogen and oxygen atoms in total. The van der Waals surface area contributed by atoms with E-state index < -0.39 is 17.6 Å². The zero-order valence-electron chi connectivity index (χ0n) is 19.8. The van der Waals surface area contributed by atoms with Gasteiger partial charge in [-0.2, -0.15) is 13.2 Å². The van der Waals surface area contributed by atoms with Crippen LogP contribution in [0.4, 0.5) is 23.2 Å². The molecule has 0 aliphatic heterocycles. The third kappa shape index (κ3) is 7.13. The first-order valence-corrected chi connectivity index (χ1v) is 12.5. The lowest BCUT2D eigenvalue weighted by molar-refractivity contribution is -0.137. The number of amides is 1. The molecule has 4 aromatic rings. The van der Waals surface area contributed by atoms with Crippen LogP contribution in [0.1, 0.15) is 18.1 Å². The highest BCUT2D eigenvalue weighted by Crippen LogP contribution is 2.38. The van der Waals surface area contributed by atoms with E-state index in [1.807, 2.05) is 24.3 Å². The van der Waals surface area contributed by atoms with E-state index in [4.69, 9.17) is 4.74 Å². The number of anilines is 1. The van der Waals surface area contributed by atoms with E-state index in [9.17, 15) is 22.4 Å². The second-order valence-corrected chi connectivity index (χ2v) is 9.49. The van der Waals surface area contributed by atoms with Crippen LogP contribution in [0.15, 0.2) is 95.9 Å². The smallest absolute Gasteiger partial charge is 0.416 e. The summed E-state index contributed by atoms with van der Waals surface area (Å²) in [4.78, 5) is 13.8. The fourth-order valence-electron chi connectivity index (χ4n) is 3.70. The van der Waals surface area contributed by atoms with Gasteiger partial charge in [-0.15, -0.1) is 11.8 Å². The molecule has 0 aliphatic carbocycles. The summed E-state index contributed by atoms with van der Waals surface area (Å²) in [5.41, 5.74) is 1.06. The van der Waals surface area contributed by atoms with Crippen LogP contribution >= 0.6 is 11.8 Å². The van der Waals surface area contributed by atoms with Gasteiger partial charge in [0.15, 0.2) is 0 Å². The van der Waals surface area contributed by atoms with Crippen molar-refractivity contribution in [1.82, 2.24) is 0 Å². The second kappa shape index (κ2) is 11.5. The lowest BCUT2D eigenvalue weighted by atomic mass is 10.0. The van der Waals surface area contributed by atoms with Crippen LogP contribution in [0.5, 0.6) is 11.5 Å². The Labute approximate surface area is 216 Å². The molecule has 8 heteroatoms. The summed E-state index contributed by atoms with van der Waals surface area (Å²) in [5.74, 6) is 0.506. The van der Waals surface area contributed by atoms with E-state index in [1.54, 1.807) is 23.9 Å². The number of halogens is 4. The number of alkyl halides is 3. The van der Waals surface area contributed by atoms with Crippen molar-refractivity contribution in [3.05, 3.63) is 108 Å². The number of benzene rings is 4. The SMILES string of the molecule is CCSc1ccc(CC(=O)Nc2ccc(-c3cccc(C(F)(F)F)c3)c(Oc3cccc(F)c3)c2)cc1. The van der Waals surface area contributed by atoms with Gasteiger partial charge in [-0.3, -0.25) is 4.79 Å². The molecule has 0 saturated carbocycles. The van der Waals surface area contributed by atoms with Crippen molar-refractivity contribution < 1.29 is 27.1 Å². The molecule has 190 valence electrons. The average Bonchev–Trinajstić information content (AvgIpc) is 2.85. The fraction of sp³-hybridized carbons (Fsp3) is 0.138. The fourth-order valence-corrected chi connectivity index (χ4v) is 4.37. The summed E-state index contributed by atoms with van der Waals surface area (Å²) in [6, 6.07) is 22.7. The minimum atomic E-state index is -4.51. The van der Waals surface area contributed by atoms with E-state index in [2.05, 4.69) is 12.2 Å². The average molecular weight is 526 g/mol. The molecule has 1 N–H and O–H groups in total. The Hall–Kier alpha value is -3.78. The molecule has 37 heavy (non-hydrogen) atoms. The van der Waals surface area contributed by atoms with Gasteiger partial charge in [0.2, 0.25) is 5.91 Å². The normalized spacial score (nSPS) is 11.3. The van der Waals surface area contributed by atoms with Gasteiger partial charge in [0, 0.05) is 28.3 Å². The lowest BCUT2D eigenvalue weighted by Crippen LogP contribution is -2.14. The third-order valence-electron chi connectivity index (χ3n) is 5.39. The Morgan fingerprint density at radius 1 is 0.919 bits per heavy atom. The van der Waals surface area contributed by atoms with Crippen LogP contribution in [0.3, 0.4) is 0 Å². The van der Waals surface area contributed by atoms with E-state index in [0.717, 1.165) is 28.3 Å². The first kappa shape index (κ1) is 26.3. The number of rotatable bonds is 8. The topological polar surface area (TPSA) is 38.3 Å². The molecule has 0 aromatic heterocycles. The van der Waals surface area contributed by atoms with Crippen molar-refractivity contribution in [3.63, 3.8) is 0 Å². The molecule has 0 saturated heterocycles.